The molecule has 14 heavy (non-hydrogen) atoms. The van der Waals surface area contributed by atoms with Crippen molar-refractivity contribution in [1.82, 2.24) is 4.90 Å². The Labute approximate surface area is 85.4 Å². The molecule has 0 aromatic rings. The number of Topliss-reactive ketones (excluding diaryl/α,β-unsaturated/α-hetero) is 1. The summed E-state index contributed by atoms with van der Waals surface area (Å²) in [6.07, 6.45) is 5.82. The molecule has 0 amide bonds. The molecule has 1 saturated heterocycles. The summed E-state index contributed by atoms with van der Waals surface area (Å²) in [5.41, 5.74) is 0. The third-order valence-corrected chi connectivity index (χ3v) is 2.47. The van der Waals surface area contributed by atoms with E-state index in [0.29, 0.717) is 19.4 Å². The maximum Gasteiger partial charge on any atom is 0.163 e. The van der Waals surface area contributed by atoms with E-state index in [2.05, 4.69) is 17.7 Å². The Morgan fingerprint density at radius 2 is 2.50 bits per heavy atom. The minimum atomic E-state index is -0.253. The van der Waals surface area contributed by atoms with Gasteiger partial charge in [0.25, 0.3) is 0 Å². The molecule has 1 atom stereocenters. The second-order valence-corrected chi connectivity index (χ2v) is 3.42. The van der Waals surface area contributed by atoms with Crippen LogP contribution < -0.4 is 0 Å². The molecule has 0 bridgehead atoms. The molecule has 0 aliphatic carbocycles. The molecule has 1 fully saturated rings. The van der Waals surface area contributed by atoms with Crippen LogP contribution in [0.3, 0.4) is 0 Å². The summed E-state index contributed by atoms with van der Waals surface area (Å²) in [4.78, 5) is 13.8. The van der Waals surface area contributed by atoms with E-state index in [9.17, 15) is 4.79 Å². The van der Waals surface area contributed by atoms with Crippen molar-refractivity contribution in [3.8, 4) is 12.3 Å². The molecule has 3 heteroatoms. The number of hydrogen-bond acceptors (Lipinski definition) is 3. The van der Waals surface area contributed by atoms with E-state index < -0.39 is 0 Å². The number of hydrogen-bond donors (Lipinski definition) is 0. The molecule has 78 valence electrons. The van der Waals surface area contributed by atoms with E-state index in [1.807, 2.05) is 0 Å². The van der Waals surface area contributed by atoms with Crippen LogP contribution in [0.15, 0.2) is 0 Å². The molecule has 1 rings (SSSR count). The molecule has 0 radical (unpaired) electrons. The van der Waals surface area contributed by atoms with Gasteiger partial charge in [0.2, 0.25) is 0 Å². The zero-order valence-corrected chi connectivity index (χ0v) is 8.66. The van der Waals surface area contributed by atoms with Gasteiger partial charge in [-0.3, -0.25) is 9.69 Å². The fraction of sp³-hybridized carbons (Fsp3) is 0.727. The van der Waals surface area contributed by atoms with Gasteiger partial charge in [-0.05, 0) is 6.54 Å². The van der Waals surface area contributed by atoms with Gasteiger partial charge in [0, 0.05) is 25.9 Å². The SMILES string of the molecule is C#CCCC(=O)C1CN(CC)CCO1. The summed E-state index contributed by atoms with van der Waals surface area (Å²) in [6.45, 7) is 5.37. The number of likely N-dealkylation sites (N-methyl/N-ethyl adjacent to an activating group) is 1. The van der Waals surface area contributed by atoms with Crippen molar-refractivity contribution >= 4 is 5.78 Å². The van der Waals surface area contributed by atoms with Gasteiger partial charge in [0.15, 0.2) is 5.78 Å². The highest BCUT2D eigenvalue weighted by molar-refractivity contribution is 5.83. The largest absolute Gasteiger partial charge is 0.368 e. The predicted octanol–water partition coefficient (Wildman–Crippen LogP) is 0.690. The number of nitrogens with zero attached hydrogens (tertiary/aromatic N) is 1. The van der Waals surface area contributed by atoms with Crippen molar-refractivity contribution in [1.29, 1.82) is 0 Å². The summed E-state index contributed by atoms with van der Waals surface area (Å²) in [5, 5.41) is 0. The molecule has 1 aliphatic heterocycles. The fourth-order valence-electron chi connectivity index (χ4n) is 1.54. The Balaban J connectivity index is 2.36. The third-order valence-electron chi connectivity index (χ3n) is 2.47. The van der Waals surface area contributed by atoms with E-state index >= 15 is 0 Å². The molecule has 0 spiro atoms. The molecule has 0 aromatic heterocycles. The standard InChI is InChI=1S/C11H17NO2/c1-3-5-6-10(13)11-9-12(4-2)7-8-14-11/h1,11H,4-9H2,2H3. The summed E-state index contributed by atoms with van der Waals surface area (Å²) in [5.74, 6) is 2.61. The van der Waals surface area contributed by atoms with Gasteiger partial charge < -0.3 is 4.74 Å². The molecular weight excluding hydrogens is 178 g/mol. The van der Waals surface area contributed by atoms with Crippen LogP contribution in [0.2, 0.25) is 0 Å². The van der Waals surface area contributed by atoms with Crippen LogP contribution in [0.5, 0.6) is 0 Å². The predicted molar refractivity (Wildman–Crippen MR) is 54.9 cm³/mol. The lowest BCUT2D eigenvalue weighted by molar-refractivity contribution is -0.136. The number of carbonyl (C=O) groups is 1. The molecule has 1 unspecified atom stereocenters. The first-order valence-corrected chi connectivity index (χ1v) is 5.08. The molecule has 1 aliphatic rings. The lowest BCUT2D eigenvalue weighted by Crippen LogP contribution is -2.45. The summed E-state index contributed by atoms with van der Waals surface area (Å²) < 4.78 is 5.41. The number of rotatable bonds is 4. The van der Waals surface area contributed by atoms with Gasteiger partial charge in [-0.15, -0.1) is 12.3 Å². The first-order valence-electron chi connectivity index (χ1n) is 5.08. The van der Waals surface area contributed by atoms with Crippen LogP contribution >= 0.6 is 0 Å². The maximum absolute atomic E-state index is 11.6. The Morgan fingerprint density at radius 1 is 1.71 bits per heavy atom. The van der Waals surface area contributed by atoms with Crippen LogP contribution in [-0.2, 0) is 9.53 Å². The van der Waals surface area contributed by atoms with Crippen LogP contribution in [0.4, 0.5) is 0 Å². The topological polar surface area (TPSA) is 29.5 Å². The van der Waals surface area contributed by atoms with Gasteiger partial charge >= 0.3 is 0 Å². The summed E-state index contributed by atoms with van der Waals surface area (Å²) in [7, 11) is 0. The van der Waals surface area contributed by atoms with Gasteiger partial charge in [-0.25, -0.2) is 0 Å². The molecule has 0 saturated carbocycles. The van der Waals surface area contributed by atoms with E-state index in [1.54, 1.807) is 0 Å². The number of ether oxygens (including phenoxy) is 1. The van der Waals surface area contributed by atoms with Gasteiger partial charge in [0.1, 0.15) is 6.10 Å². The quantitative estimate of drug-likeness (QED) is 0.618. The highest BCUT2D eigenvalue weighted by atomic mass is 16.5. The number of morpholine rings is 1. The monoisotopic (exact) mass is 195 g/mol. The lowest BCUT2D eigenvalue weighted by atomic mass is 10.1. The minimum Gasteiger partial charge on any atom is -0.368 e. The molecule has 3 nitrogen and oxygen atoms in total. The van der Waals surface area contributed by atoms with Crippen LogP contribution in [0, 0.1) is 12.3 Å². The smallest absolute Gasteiger partial charge is 0.163 e. The van der Waals surface area contributed by atoms with Gasteiger partial charge in [0.05, 0.1) is 6.61 Å². The van der Waals surface area contributed by atoms with Crippen molar-refractivity contribution in [2.45, 2.75) is 25.9 Å². The first-order chi connectivity index (χ1) is 6.77. The van der Waals surface area contributed by atoms with Crippen molar-refractivity contribution in [3.63, 3.8) is 0 Å². The number of carbonyl (C=O) groups excluding carboxylic acids is 1. The first kappa shape index (κ1) is 11.2. The van der Waals surface area contributed by atoms with E-state index in [-0.39, 0.29) is 11.9 Å². The maximum atomic E-state index is 11.6. The average molecular weight is 195 g/mol. The van der Waals surface area contributed by atoms with E-state index in [1.165, 1.54) is 0 Å². The Hall–Kier alpha value is -0.850. The highest BCUT2D eigenvalue weighted by Gasteiger charge is 2.24. The average Bonchev–Trinajstić information content (AvgIpc) is 2.26. The molecule has 0 N–H and O–H groups in total. The summed E-state index contributed by atoms with van der Waals surface area (Å²) in [6, 6.07) is 0. The normalized spacial score (nSPS) is 23.0. The molecule has 0 aromatic carbocycles. The number of terminal acetylenes is 1. The lowest BCUT2D eigenvalue weighted by Gasteiger charge is -2.31. The van der Waals surface area contributed by atoms with Crippen LogP contribution in [0.25, 0.3) is 0 Å². The Bertz CT molecular complexity index is 232. The van der Waals surface area contributed by atoms with Crippen molar-refractivity contribution in [2.24, 2.45) is 0 Å². The van der Waals surface area contributed by atoms with Crippen LogP contribution in [0.1, 0.15) is 19.8 Å². The second kappa shape index (κ2) is 5.79. The van der Waals surface area contributed by atoms with E-state index in [4.69, 9.17) is 11.2 Å². The van der Waals surface area contributed by atoms with Crippen molar-refractivity contribution in [3.05, 3.63) is 0 Å². The van der Waals surface area contributed by atoms with Crippen LogP contribution in [-0.4, -0.2) is 43.0 Å². The Morgan fingerprint density at radius 3 is 3.14 bits per heavy atom. The van der Waals surface area contributed by atoms with E-state index in [0.717, 1.165) is 19.6 Å². The van der Waals surface area contributed by atoms with Gasteiger partial charge in [-0.2, -0.15) is 0 Å². The molecule has 1 heterocycles. The van der Waals surface area contributed by atoms with Crippen molar-refractivity contribution < 1.29 is 9.53 Å². The molecular formula is C11H17NO2. The minimum absolute atomic E-state index is 0.140. The van der Waals surface area contributed by atoms with Crippen molar-refractivity contribution in [2.75, 3.05) is 26.2 Å². The Kier molecular flexibility index (Phi) is 4.64. The zero-order chi connectivity index (χ0) is 10.4. The summed E-state index contributed by atoms with van der Waals surface area (Å²) >= 11 is 0. The van der Waals surface area contributed by atoms with Gasteiger partial charge in [-0.1, -0.05) is 6.92 Å². The fourth-order valence-corrected chi connectivity index (χ4v) is 1.54. The second-order valence-electron chi connectivity index (χ2n) is 3.42. The zero-order valence-electron chi connectivity index (χ0n) is 8.66. The number of ketones is 1. The highest BCUT2D eigenvalue weighted by Crippen LogP contribution is 2.08. The third kappa shape index (κ3) is 3.13.